The Morgan fingerprint density at radius 1 is 1.30 bits per heavy atom. The summed E-state index contributed by atoms with van der Waals surface area (Å²) in [4.78, 5) is 16.5. The molecule has 0 radical (unpaired) electrons. The molecule has 1 aliphatic rings. The first kappa shape index (κ1) is 12.7. The molecule has 0 spiro atoms. The fraction of sp³-hybridized carbons (Fsp3) is 0.250. The van der Waals surface area contributed by atoms with E-state index in [0.717, 1.165) is 23.5 Å². The molecule has 1 amide bonds. The van der Waals surface area contributed by atoms with Gasteiger partial charge in [-0.15, -0.1) is 0 Å². The van der Waals surface area contributed by atoms with E-state index in [-0.39, 0.29) is 11.9 Å². The molecule has 0 bridgehead atoms. The first-order chi connectivity index (χ1) is 9.72. The van der Waals surface area contributed by atoms with E-state index in [4.69, 9.17) is 0 Å². The zero-order chi connectivity index (χ0) is 13.9. The SMILES string of the molecule is Cc1cccc(CNC(=O)C2Cc3ccccc3N2)n1. The molecule has 1 aliphatic heterocycles. The lowest BCUT2D eigenvalue weighted by atomic mass is 10.1. The van der Waals surface area contributed by atoms with Gasteiger partial charge in [0.1, 0.15) is 6.04 Å². The van der Waals surface area contributed by atoms with Gasteiger partial charge in [-0.05, 0) is 30.7 Å². The molecule has 4 heteroatoms. The quantitative estimate of drug-likeness (QED) is 0.895. The third kappa shape index (κ3) is 2.64. The number of benzene rings is 1. The van der Waals surface area contributed by atoms with Gasteiger partial charge >= 0.3 is 0 Å². The van der Waals surface area contributed by atoms with Crippen molar-refractivity contribution in [3.63, 3.8) is 0 Å². The lowest BCUT2D eigenvalue weighted by Gasteiger charge is -2.11. The Balaban J connectivity index is 1.59. The number of nitrogens with one attached hydrogen (secondary N) is 2. The average Bonchev–Trinajstić information content (AvgIpc) is 2.89. The summed E-state index contributed by atoms with van der Waals surface area (Å²) in [6, 6.07) is 13.7. The van der Waals surface area contributed by atoms with Gasteiger partial charge in [-0.1, -0.05) is 24.3 Å². The van der Waals surface area contributed by atoms with Crippen LogP contribution in [0.4, 0.5) is 5.69 Å². The third-order valence-electron chi connectivity index (χ3n) is 3.48. The van der Waals surface area contributed by atoms with Crippen LogP contribution in [0.5, 0.6) is 0 Å². The molecule has 0 saturated carbocycles. The smallest absolute Gasteiger partial charge is 0.243 e. The van der Waals surface area contributed by atoms with Gasteiger partial charge in [0, 0.05) is 17.8 Å². The van der Waals surface area contributed by atoms with Crippen molar-refractivity contribution in [1.29, 1.82) is 0 Å². The molecule has 1 atom stereocenters. The van der Waals surface area contributed by atoms with Crippen LogP contribution in [0.15, 0.2) is 42.5 Å². The van der Waals surface area contributed by atoms with Gasteiger partial charge in [0.15, 0.2) is 0 Å². The number of pyridine rings is 1. The summed E-state index contributed by atoms with van der Waals surface area (Å²) in [5.74, 6) is 0.0181. The molecule has 4 nitrogen and oxygen atoms in total. The van der Waals surface area contributed by atoms with Crippen LogP contribution in [0.25, 0.3) is 0 Å². The number of rotatable bonds is 3. The molecule has 2 aromatic rings. The molecule has 3 rings (SSSR count). The van der Waals surface area contributed by atoms with Crippen LogP contribution >= 0.6 is 0 Å². The molecule has 0 aliphatic carbocycles. The monoisotopic (exact) mass is 267 g/mol. The fourth-order valence-corrected chi connectivity index (χ4v) is 2.45. The van der Waals surface area contributed by atoms with Gasteiger partial charge in [-0.2, -0.15) is 0 Å². The van der Waals surface area contributed by atoms with Crippen molar-refractivity contribution in [2.75, 3.05) is 5.32 Å². The van der Waals surface area contributed by atoms with Crippen LogP contribution < -0.4 is 10.6 Å². The number of carbonyl (C=O) groups excluding carboxylic acids is 1. The first-order valence-corrected chi connectivity index (χ1v) is 6.77. The lowest BCUT2D eigenvalue weighted by molar-refractivity contribution is -0.121. The van der Waals surface area contributed by atoms with Crippen LogP contribution in [-0.4, -0.2) is 16.9 Å². The second-order valence-corrected chi connectivity index (χ2v) is 5.05. The van der Waals surface area contributed by atoms with Crippen LogP contribution in [0.3, 0.4) is 0 Å². The van der Waals surface area contributed by atoms with Crippen molar-refractivity contribution in [2.45, 2.75) is 25.9 Å². The number of aromatic nitrogens is 1. The summed E-state index contributed by atoms with van der Waals surface area (Å²) < 4.78 is 0. The number of anilines is 1. The van der Waals surface area contributed by atoms with Crippen molar-refractivity contribution in [3.8, 4) is 0 Å². The number of nitrogens with zero attached hydrogens (tertiary/aromatic N) is 1. The van der Waals surface area contributed by atoms with Gasteiger partial charge in [0.2, 0.25) is 5.91 Å². The van der Waals surface area contributed by atoms with E-state index in [2.05, 4.69) is 21.7 Å². The minimum absolute atomic E-state index is 0.0181. The predicted molar refractivity (Wildman–Crippen MR) is 78.4 cm³/mol. The minimum Gasteiger partial charge on any atom is -0.373 e. The maximum absolute atomic E-state index is 12.2. The molecule has 20 heavy (non-hydrogen) atoms. The highest BCUT2D eigenvalue weighted by molar-refractivity contribution is 5.87. The predicted octanol–water partition coefficient (Wildman–Crippen LogP) is 2.04. The number of aryl methyl sites for hydroxylation is 1. The van der Waals surface area contributed by atoms with E-state index in [1.165, 1.54) is 5.56 Å². The zero-order valence-corrected chi connectivity index (χ0v) is 11.4. The minimum atomic E-state index is -0.183. The molecule has 1 unspecified atom stereocenters. The Labute approximate surface area is 118 Å². The third-order valence-corrected chi connectivity index (χ3v) is 3.48. The van der Waals surface area contributed by atoms with E-state index >= 15 is 0 Å². The number of hydrogen-bond donors (Lipinski definition) is 2. The molecule has 0 saturated heterocycles. The van der Waals surface area contributed by atoms with Gasteiger partial charge in [-0.3, -0.25) is 9.78 Å². The zero-order valence-electron chi connectivity index (χ0n) is 11.4. The second kappa shape index (κ2) is 5.33. The summed E-state index contributed by atoms with van der Waals surface area (Å²) in [6.07, 6.45) is 0.739. The van der Waals surface area contributed by atoms with Gasteiger partial charge < -0.3 is 10.6 Å². The Morgan fingerprint density at radius 2 is 2.15 bits per heavy atom. The number of fused-ring (bicyclic) bond motifs is 1. The van der Waals surface area contributed by atoms with Crippen molar-refractivity contribution in [1.82, 2.24) is 10.3 Å². The van der Waals surface area contributed by atoms with Crippen molar-refractivity contribution in [3.05, 3.63) is 59.4 Å². The Kier molecular flexibility index (Phi) is 3.37. The molecule has 2 heterocycles. The molecule has 1 aromatic carbocycles. The van der Waals surface area contributed by atoms with E-state index in [9.17, 15) is 4.79 Å². The number of para-hydroxylation sites is 1. The maximum Gasteiger partial charge on any atom is 0.243 e. The maximum atomic E-state index is 12.2. The van der Waals surface area contributed by atoms with E-state index in [1.807, 2.05) is 43.3 Å². The highest BCUT2D eigenvalue weighted by atomic mass is 16.2. The highest BCUT2D eigenvalue weighted by Crippen LogP contribution is 2.25. The molecular weight excluding hydrogens is 250 g/mol. The Morgan fingerprint density at radius 3 is 2.95 bits per heavy atom. The van der Waals surface area contributed by atoms with Crippen molar-refractivity contribution >= 4 is 11.6 Å². The van der Waals surface area contributed by atoms with Gasteiger partial charge in [0.05, 0.1) is 12.2 Å². The largest absolute Gasteiger partial charge is 0.373 e. The van der Waals surface area contributed by atoms with Gasteiger partial charge in [-0.25, -0.2) is 0 Å². The first-order valence-electron chi connectivity index (χ1n) is 6.77. The number of amides is 1. The number of hydrogen-bond acceptors (Lipinski definition) is 3. The summed E-state index contributed by atoms with van der Waals surface area (Å²) in [7, 11) is 0. The molecule has 0 fully saturated rings. The molecule has 2 N–H and O–H groups in total. The molecule has 102 valence electrons. The molecular formula is C16H17N3O. The van der Waals surface area contributed by atoms with E-state index in [1.54, 1.807) is 0 Å². The van der Waals surface area contributed by atoms with Crippen LogP contribution in [0.1, 0.15) is 17.0 Å². The Hall–Kier alpha value is -2.36. The molecule has 1 aromatic heterocycles. The lowest BCUT2D eigenvalue weighted by Crippen LogP contribution is -2.38. The van der Waals surface area contributed by atoms with Crippen LogP contribution in [0, 0.1) is 6.92 Å². The normalized spacial score (nSPS) is 16.4. The van der Waals surface area contributed by atoms with E-state index in [0.29, 0.717) is 6.54 Å². The highest BCUT2D eigenvalue weighted by Gasteiger charge is 2.25. The Bertz CT molecular complexity index is 614. The van der Waals surface area contributed by atoms with Crippen LogP contribution in [0.2, 0.25) is 0 Å². The van der Waals surface area contributed by atoms with Crippen molar-refractivity contribution in [2.24, 2.45) is 0 Å². The van der Waals surface area contributed by atoms with Crippen molar-refractivity contribution < 1.29 is 4.79 Å². The second-order valence-electron chi connectivity index (χ2n) is 5.05. The fourth-order valence-electron chi connectivity index (χ4n) is 2.45. The average molecular weight is 267 g/mol. The summed E-state index contributed by atoms with van der Waals surface area (Å²) >= 11 is 0. The van der Waals surface area contributed by atoms with Gasteiger partial charge in [0.25, 0.3) is 0 Å². The standard InChI is InChI=1S/C16H17N3O/c1-11-5-4-7-13(18-11)10-17-16(20)15-9-12-6-2-3-8-14(12)19-15/h2-8,15,19H,9-10H2,1H3,(H,17,20). The topological polar surface area (TPSA) is 54.0 Å². The van der Waals surface area contributed by atoms with E-state index < -0.39 is 0 Å². The summed E-state index contributed by atoms with van der Waals surface area (Å²) in [5, 5.41) is 6.19. The van der Waals surface area contributed by atoms with Crippen LogP contribution in [-0.2, 0) is 17.8 Å². The summed E-state index contributed by atoms with van der Waals surface area (Å²) in [5.41, 5.74) is 4.10. The summed E-state index contributed by atoms with van der Waals surface area (Å²) in [6.45, 7) is 2.41. The number of carbonyl (C=O) groups is 1.